The molecule has 3 aromatic rings. The number of carbonyl (C=O) groups excluding carboxylic acids is 2. The summed E-state index contributed by atoms with van der Waals surface area (Å²) in [7, 11) is -4.13. The maximum atomic E-state index is 14.0. The lowest BCUT2D eigenvalue weighted by Gasteiger charge is -2.33. The third kappa shape index (κ3) is 7.65. The van der Waals surface area contributed by atoms with Crippen molar-refractivity contribution in [3.05, 3.63) is 93.9 Å². The first kappa shape index (κ1) is 30.1. The van der Waals surface area contributed by atoms with Crippen LogP contribution in [0.1, 0.15) is 44.6 Å². The van der Waals surface area contributed by atoms with E-state index in [1.807, 2.05) is 24.3 Å². The second-order valence-corrected chi connectivity index (χ2v) is 13.2. The summed E-state index contributed by atoms with van der Waals surface area (Å²) in [5.41, 5.74) is 1.07. The van der Waals surface area contributed by atoms with E-state index >= 15 is 0 Å². The first-order valence-electron chi connectivity index (χ1n) is 13.3. The van der Waals surface area contributed by atoms with Gasteiger partial charge in [0.1, 0.15) is 12.6 Å². The summed E-state index contributed by atoms with van der Waals surface area (Å²) in [6.45, 7) is 1.32. The van der Waals surface area contributed by atoms with Crippen LogP contribution < -0.4 is 9.62 Å². The van der Waals surface area contributed by atoms with Gasteiger partial charge in [0, 0.05) is 22.1 Å². The van der Waals surface area contributed by atoms with E-state index in [1.165, 1.54) is 23.1 Å². The Hall–Kier alpha value is -2.88. The van der Waals surface area contributed by atoms with Crippen LogP contribution in [0.4, 0.5) is 5.69 Å². The van der Waals surface area contributed by atoms with Crippen LogP contribution in [-0.4, -0.2) is 43.8 Å². The summed E-state index contributed by atoms with van der Waals surface area (Å²) < 4.78 is 29.5. The Morgan fingerprint density at radius 2 is 1.65 bits per heavy atom. The van der Waals surface area contributed by atoms with Gasteiger partial charge in [0.25, 0.3) is 10.0 Å². The average Bonchev–Trinajstić information content (AvgIpc) is 2.96. The highest BCUT2D eigenvalue weighted by Gasteiger charge is 2.33. The molecule has 0 bridgehead atoms. The minimum Gasteiger partial charge on any atom is -0.352 e. The molecule has 1 atom stereocenters. The van der Waals surface area contributed by atoms with Gasteiger partial charge in [0.2, 0.25) is 11.8 Å². The molecule has 0 heterocycles. The van der Waals surface area contributed by atoms with Crippen molar-refractivity contribution < 1.29 is 18.0 Å². The molecule has 2 amide bonds. The van der Waals surface area contributed by atoms with Gasteiger partial charge >= 0.3 is 0 Å². The van der Waals surface area contributed by atoms with Crippen molar-refractivity contribution in [1.82, 2.24) is 10.2 Å². The second-order valence-electron chi connectivity index (χ2n) is 9.97. The lowest BCUT2D eigenvalue weighted by Crippen LogP contribution is -2.53. The van der Waals surface area contributed by atoms with E-state index in [2.05, 4.69) is 21.2 Å². The van der Waals surface area contributed by atoms with E-state index in [4.69, 9.17) is 11.6 Å². The van der Waals surface area contributed by atoms with Crippen LogP contribution in [0.25, 0.3) is 0 Å². The van der Waals surface area contributed by atoms with Crippen LogP contribution in [0, 0.1) is 0 Å². The Labute approximate surface area is 249 Å². The summed E-state index contributed by atoms with van der Waals surface area (Å²) in [5.74, 6) is -0.758. The molecular weight excluding hydrogens is 614 g/mol. The third-order valence-corrected chi connectivity index (χ3v) is 9.64. The van der Waals surface area contributed by atoms with Crippen molar-refractivity contribution >= 4 is 55.1 Å². The molecule has 1 saturated carbocycles. The Kier molecular flexibility index (Phi) is 10.3. The number of hydrogen-bond acceptors (Lipinski definition) is 4. The number of sulfonamides is 1. The molecule has 0 spiro atoms. The van der Waals surface area contributed by atoms with Crippen LogP contribution >= 0.6 is 27.5 Å². The van der Waals surface area contributed by atoms with Gasteiger partial charge in [-0.05, 0) is 67.8 Å². The van der Waals surface area contributed by atoms with Crippen LogP contribution in [0.2, 0.25) is 5.02 Å². The SMILES string of the molecule is C[C@@H](C(=O)NC1CCCCC1)N(Cc1ccc(Br)cc1)C(=O)CN(c1cccc(Cl)c1)S(=O)(=O)c1ccccc1. The largest absolute Gasteiger partial charge is 0.352 e. The van der Waals surface area contributed by atoms with Gasteiger partial charge in [-0.2, -0.15) is 0 Å². The molecule has 0 radical (unpaired) electrons. The van der Waals surface area contributed by atoms with Crippen LogP contribution in [0.3, 0.4) is 0 Å². The summed E-state index contributed by atoms with van der Waals surface area (Å²) in [6, 6.07) is 21.0. The summed E-state index contributed by atoms with van der Waals surface area (Å²) in [4.78, 5) is 28.8. The lowest BCUT2D eigenvalue weighted by atomic mass is 9.95. The van der Waals surface area contributed by atoms with Gasteiger partial charge in [-0.25, -0.2) is 8.42 Å². The minimum atomic E-state index is -4.13. The molecule has 1 aliphatic carbocycles. The minimum absolute atomic E-state index is 0.0466. The van der Waals surface area contributed by atoms with Crippen LogP contribution in [0.5, 0.6) is 0 Å². The zero-order chi connectivity index (χ0) is 28.7. The number of hydrogen-bond donors (Lipinski definition) is 1. The second kappa shape index (κ2) is 13.7. The average molecular weight is 647 g/mol. The Morgan fingerprint density at radius 1 is 0.975 bits per heavy atom. The Bertz CT molecular complexity index is 1410. The van der Waals surface area contributed by atoms with Crippen molar-refractivity contribution in [2.24, 2.45) is 0 Å². The van der Waals surface area contributed by atoms with Gasteiger partial charge in [-0.1, -0.05) is 83.2 Å². The van der Waals surface area contributed by atoms with Crippen molar-refractivity contribution in [1.29, 1.82) is 0 Å². The normalized spacial score (nSPS) is 14.8. The quantitative estimate of drug-likeness (QED) is 0.286. The lowest BCUT2D eigenvalue weighted by molar-refractivity contribution is -0.139. The van der Waals surface area contributed by atoms with Gasteiger partial charge in [0.15, 0.2) is 0 Å². The van der Waals surface area contributed by atoms with Gasteiger partial charge in [0.05, 0.1) is 10.6 Å². The molecular formula is C30H33BrClN3O4S. The molecule has 212 valence electrons. The third-order valence-electron chi connectivity index (χ3n) is 7.09. The summed E-state index contributed by atoms with van der Waals surface area (Å²) in [5, 5.41) is 3.45. The number of amides is 2. The highest BCUT2D eigenvalue weighted by molar-refractivity contribution is 9.10. The monoisotopic (exact) mass is 645 g/mol. The predicted octanol–water partition coefficient (Wildman–Crippen LogP) is 6.16. The number of benzene rings is 3. The number of nitrogens with one attached hydrogen (secondary N) is 1. The van der Waals surface area contributed by atoms with Gasteiger partial charge in [-0.15, -0.1) is 0 Å². The number of anilines is 1. The van der Waals surface area contributed by atoms with Crippen LogP contribution in [0.15, 0.2) is 88.2 Å². The molecule has 7 nitrogen and oxygen atoms in total. The van der Waals surface area contributed by atoms with Crippen molar-refractivity contribution in [2.75, 3.05) is 10.8 Å². The zero-order valence-electron chi connectivity index (χ0n) is 22.3. The molecule has 0 saturated heterocycles. The molecule has 1 N–H and O–H groups in total. The van der Waals surface area contributed by atoms with Crippen molar-refractivity contribution in [3.8, 4) is 0 Å². The molecule has 40 heavy (non-hydrogen) atoms. The Balaban J connectivity index is 1.66. The Morgan fingerprint density at radius 3 is 2.30 bits per heavy atom. The van der Waals surface area contributed by atoms with E-state index in [-0.39, 0.29) is 29.1 Å². The number of carbonyl (C=O) groups is 2. The zero-order valence-corrected chi connectivity index (χ0v) is 25.5. The molecule has 1 aliphatic rings. The van der Waals surface area contributed by atoms with E-state index < -0.39 is 28.5 Å². The first-order valence-corrected chi connectivity index (χ1v) is 15.9. The highest BCUT2D eigenvalue weighted by atomic mass is 79.9. The molecule has 4 rings (SSSR count). The molecule has 0 unspecified atom stereocenters. The molecule has 3 aromatic carbocycles. The highest BCUT2D eigenvalue weighted by Crippen LogP contribution is 2.27. The maximum absolute atomic E-state index is 14.0. The fourth-order valence-corrected chi connectivity index (χ4v) is 6.69. The molecule has 10 heteroatoms. The number of nitrogens with zero attached hydrogens (tertiary/aromatic N) is 2. The fraction of sp³-hybridized carbons (Fsp3) is 0.333. The van der Waals surface area contributed by atoms with Gasteiger partial charge in [-0.3, -0.25) is 13.9 Å². The fourth-order valence-electron chi connectivity index (χ4n) is 4.82. The number of halogens is 2. The first-order chi connectivity index (χ1) is 19.1. The summed E-state index contributed by atoms with van der Waals surface area (Å²) >= 11 is 9.64. The smallest absolute Gasteiger partial charge is 0.264 e. The van der Waals surface area contributed by atoms with Crippen LogP contribution in [-0.2, 0) is 26.2 Å². The van der Waals surface area contributed by atoms with E-state index in [1.54, 1.807) is 43.3 Å². The van der Waals surface area contributed by atoms with Gasteiger partial charge < -0.3 is 10.2 Å². The predicted molar refractivity (Wildman–Crippen MR) is 162 cm³/mol. The van der Waals surface area contributed by atoms with Crippen molar-refractivity contribution in [3.63, 3.8) is 0 Å². The topological polar surface area (TPSA) is 86.8 Å². The molecule has 1 fully saturated rings. The summed E-state index contributed by atoms with van der Waals surface area (Å²) in [6.07, 6.45) is 5.11. The maximum Gasteiger partial charge on any atom is 0.264 e. The standard InChI is InChI=1S/C30H33BrClN3O4S/c1-22(30(37)33-26-10-4-2-5-11-26)34(20-23-15-17-24(31)18-16-23)29(36)21-35(27-12-8-9-25(32)19-27)40(38,39)28-13-6-3-7-14-28/h3,6-9,12-19,22,26H,2,4-5,10-11,20-21H2,1H3,(H,33,37)/t22-/m0/s1. The number of rotatable bonds is 10. The van der Waals surface area contributed by atoms with E-state index in [0.29, 0.717) is 5.02 Å². The van der Waals surface area contributed by atoms with Crippen molar-refractivity contribution in [2.45, 2.75) is 62.6 Å². The van der Waals surface area contributed by atoms with E-state index in [9.17, 15) is 18.0 Å². The van der Waals surface area contributed by atoms with E-state index in [0.717, 1.165) is 46.4 Å². The molecule has 0 aromatic heterocycles. The molecule has 0 aliphatic heterocycles.